The van der Waals surface area contributed by atoms with Crippen molar-refractivity contribution in [3.8, 4) is 0 Å². The molecular weight excluding hydrogens is 429 g/mol. The molecule has 0 spiro atoms. The van der Waals surface area contributed by atoms with E-state index in [1.54, 1.807) is 41.2 Å². The Morgan fingerprint density at radius 2 is 1.85 bits per heavy atom. The standard InChI is InChI=1S/C27H28FN5O/c1-18-9-11-21(12-10-18)17-33-20(3)22(19(2)31-33)13-14-25(34)30-26(27-29-15-16-32(27)4)23-7-5-6-8-24(23)28/h5-16,26H,17H2,1-4H3,(H,30,34)/b14-13+. The summed E-state index contributed by atoms with van der Waals surface area (Å²) in [6.07, 6.45) is 6.61. The van der Waals surface area contributed by atoms with Crippen molar-refractivity contribution in [2.75, 3.05) is 0 Å². The lowest BCUT2D eigenvalue weighted by Crippen LogP contribution is -2.30. The molecule has 0 bridgehead atoms. The molecule has 2 aromatic carbocycles. The second kappa shape index (κ2) is 9.87. The number of aromatic nitrogens is 4. The minimum atomic E-state index is -0.718. The molecule has 2 aromatic heterocycles. The molecule has 0 aliphatic heterocycles. The summed E-state index contributed by atoms with van der Waals surface area (Å²) in [6.45, 7) is 6.63. The number of imidazole rings is 1. The van der Waals surface area contributed by atoms with Gasteiger partial charge in [0.05, 0.1) is 12.2 Å². The van der Waals surface area contributed by atoms with E-state index >= 15 is 0 Å². The molecule has 1 atom stereocenters. The molecule has 174 valence electrons. The van der Waals surface area contributed by atoms with Crippen LogP contribution in [0, 0.1) is 26.6 Å². The highest BCUT2D eigenvalue weighted by Crippen LogP contribution is 2.23. The number of benzene rings is 2. The second-order valence-corrected chi connectivity index (χ2v) is 8.42. The van der Waals surface area contributed by atoms with Crippen molar-refractivity contribution in [2.24, 2.45) is 7.05 Å². The number of nitrogens with zero attached hydrogens (tertiary/aromatic N) is 4. The summed E-state index contributed by atoms with van der Waals surface area (Å²) in [7, 11) is 1.81. The van der Waals surface area contributed by atoms with Gasteiger partial charge in [-0.3, -0.25) is 9.48 Å². The van der Waals surface area contributed by atoms with Crippen molar-refractivity contribution in [3.63, 3.8) is 0 Å². The molecule has 4 rings (SSSR count). The lowest BCUT2D eigenvalue weighted by Gasteiger charge is -2.18. The number of carbonyl (C=O) groups is 1. The predicted molar refractivity (Wildman–Crippen MR) is 131 cm³/mol. The molecule has 6 nitrogen and oxygen atoms in total. The van der Waals surface area contributed by atoms with E-state index in [1.807, 2.05) is 25.6 Å². The average Bonchev–Trinajstić information content (AvgIpc) is 3.35. The maximum atomic E-state index is 14.6. The summed E-state index contributed by atoms with van der Waals surface area (Å²) in [6, 6.07) is 14.0. The Morgan fingerprint density at radius 1 is 1.12 bits per heavy atom. The van der Waals surface area contributed by atoms with Crippen LogP contribution in [0.3, 0.4) is 0 Å². The quantitative estimate of drug-likeness (QED) is 0.411. The van der Waals surface area contributed by atoms with E-state index in [1.165, 1.54) is 17.7 Å². The molecular formula is C27H28FN5O. The van der Waals surface area contributed by atoms with Crippen LogP contribution >= 0.6 is 0 Å². The fourth-order valence-corrected chi connectivity index (χ4v) is 3.97. The molecule has 0 saturated carbocycles. The van der Waals surface area contributed by atoms with E-state index in [-0.39, 0.29) is 5.91 Å². The number of nitrogens with one attached hydrogen (secondary N) is 1. The highest BCUT2D eigenvalue weighted by molar-refractivity contribution is 5.92. The van der Waals surface area contributed by atoms with Crippen LogP contribution in [0.25, 0.3) is 6.08 Å². The number of aryl methyl sites for hydroxylation is 3. The zero-order chi connectivity index (χ0) is 24.2. The van der Waals surface area contributed by atoms with E-state index in [4.69, 9.17) is 0 Å². The van der Waals surface area contributed by atoms with E-state index in [0.717, 1.165) is 22.5 Å². The predicted octanol–water partition coefficient (Wildman–Crippen LogP) is 4.65. The first-order valence-electron chi connectivity index (χ1n) is 11.1. The van der Waals surface area contributed by atoms with Gasteiger partial charge in [-0.25, -0.2) is 9.37 Å². The lowest BCUT2D eigenvalue weighted by atomic mass is 10.1. The van der Waals surface area contributed by atoms with Crippen molar-refractivity contribution >= 4 is 12.0 Å². The minimum absolute atomic E-state index is 0.346. The van der Waals surface area contributed by atoms with Crippen LogP contribution in [0.2, 0.25) is 0 Å². The second-order valence-electron chi connectivity index (χ2n) is 8.42. The summed E-state index contributed by atoms with van der Waals surface area (Å²) in [5, 5.41) is 7.55. The zero-order valence-electron chi connectivity index (χ0n) is 19.8. The zero-order valence-corrected chi connectivity index (χ0v) is 19.8. The third-order valence-corrected chi connectivity index (χ3v) is 5.91. The maximum absolute atomic E-state index is 14.6. The molecule has 0 fully saturated rings. The van der Waals surface area contributed by atoms with Gasteiger partial charge in [0.25, 0.3) is 0 Å². The van der Waals surface area contributed by atoms with Crippen LogP contribution in [-0.4, -0.2) is 25.2 Å². The molecule has 4 aromatic rings. The fourth-order valence-electron chi connectivity index (χ4n) is 3.97. The molecule has 1 unspecified atom stereocenters. The van der Waals surface area contributed by atoms with Crippen LogP contribution in [0.1, 0.15) is 45.5 Å². The van der Waals surface area contributed by atoms with Gasteiger partial charge in [0.1, 0.15) is 17.7 Å². The van der Waals surface area contributed by atoms with Gasteiger partial charge in [-0.2, -0.15) is 5.10 Å². The fraction of sp³-hybridized carbons (Fsp3) is 0.222. The number of hydrogen-bond donors (Lipinski definition) is 1. The minimum Gasteiger partial charge on any atom is -0.338 e. The molecule has 1 amide bonds. The average molecular weight is 458 g/mol. The van der Waals surface area contributed by atoms with Gasteiger partial charge >= 0.3 is 0 Å². The van der Waals surface area contributed by atoms with Gasteiger partial charge in [0.15, 0.2) is 0 Å². The molecule has 1 N–H and O–H groups in total. The van der Waals surface area contributed by atoms with E-state index < -0.39 is 11.9 Å². The molecule has 34 heavy (non-hydrogen) atoms. The first-order valence-corrected chi connectivity index (χ1v) is 11.1. The van der Waals surface area contributed by atoms with Crippen molar-refractivity contribution in [2.45, 2.75) is 33.4 Å². The first kappa shape index (κ1) is 23.2. The van der Waals surface area contributed by atoms with E-state index in [0.29, 0.717) is 17.9 Å². The molecule has 2 heterocycles. The first-order chi connectivity index (χ1) is 16.3. The monoisotopic (exact) mass is 457 g/mol. The van der Waals surface area contributed by atoms with Crippen LogP contribution in [0.15, 0.2) is 67.0 Å². The Hall–Kier alpha value is -4.00. The third kappa shape index (κ3) is 4.98. The van der Waals surface area contributed by atoms with Gasteiger partial charge in [-0.05, 0) is 38.5 Å². The Morgan fingerprint density at radius 3 is 2.53 bits per heavy atom. The number of carbonyl (C=O) groups excluding carboxylic acids is 1. The number of rotatable bonds is 7. The maximum Gasteiger partial charge on any atom is 0.244 e. The highest BCUT2D eigenvalue weighted by Gasteiger charge is 2.23. The largest absolute Gasteiger partial charge is 0.338 e. The van der Waals surface area contributed by atoms with Crippen molar-refractivity contribution in [1.29, 1.82) is 0 Å². The van der Waals surface area contributed by atoms with Crippen molar-refractivity contribution in [3.05, 3.63) is 112 Å². The topological polar surface area (TPSA) is 64.7 Å². The van der Waals surface area contributed by atoms with Crippen LogP contribution in [0.4, 0.5) is 4.39 Å². The van der Waals surface area contributed by atoms with Crippen LogP contribution < -0.4 is 5.32 Å². The van der Waals surface area contributed by atoms with Crippen LogP contribution in [-0.2, 0) is 18.4 Å². The van der Waals surface area contributed by atoms with Gasteiger partial charge in [0, 0.05) is 42.3 Å². The van der Waals surface area contributed by atoms with Crippen molar-refractivity contribution in [1.82, 2.24) is 24.6 Å². The normalized spacial score (nSPS) is 12.3. The number of hydrogen-bond acceptors (Lipinski definition) is 3. The number of amides is 1. The van der Waals surface area contributed by atoms with Gasteiger partial charge in [-0.1, -0.05) is 48.0 Å². The SMILES string of the molecule is Cc1ccc(Cn2nc(C)c(/C=C/C(=O)NC(c3ccccc3F)c3nccn3C)c2C)cc1. The molecule has 0 saturated heterocycles. The Labute approximate surface area is 198 Å². The molecule has 0 aliphatic rings. The Bertz CT molecular complexity index is 1330. The third-order valence-electron chi connectivity index (χ3n) is 5.91. The molecule has 7 heteroatoms. The molecule has 0 aliphatic carbocycles. The van der Waals surface area contributed by atoms with E-state index in [9.17, 15) is 9.18 Å². The van der Waals surface area contributed by atoms with Gasteiger partial charge in [-0.15, -0.1) is 0 Å². The summed E-state index contributed by atoms with van der Waals surface area (Å²) in [5.74, 6) is -0.199. The summed E-state index contributed by atoms with van der Waals surface area (Å²) >= 11 is 0. The Balaban J connectivity index is 1.55. The lowest BCUT2D eigenvalue weighted by molar-refractivity contribution is -0.117. The molecule has 0 radical (unpaired) electrons. The summed E-state index contributed by atoms with van der Waals surface area (Å²) < 4.78 is 18.3. The summed E-state index contributed by atoms with van der Waals surface area (Å²) in [4.78, 5) is 17.2. The summed E-state index contributed by atoms with van der Waals surface area (Å²) in [5.41, 5.74) is 5.43. The van der Waals surface area contributed by atoms with Crippen LogP contribution in [0.5, 0.6) is 0 Å². The van der Waals surface area contributed by atoms with Gasteiger partial charge in [0.2, 0.25) is 5.91 Å². The highest BCUT2D eigenvalue weighted by atomic mass is 19.1. The van der Waals surface area contributed by atoms with Gasteiger partial charge < -0.3 is 9.88 Å². The van der Waals surface area contributed by atoms with E-state index in [2.05, 4.69) is 46.6 Å². The number of halogens is 1. The smallest absolute Gasteiger partial charge is 0.244 e. The van der Waals surface area contributed by atoms with Crippen molar-refractivity contribution < 1.29 is 9.18 Å². The Kier molecular flexibility index (Phi) is 6.72.